The highest BCUT2D eigenvalue weighted by atomic mass is 32.1. The smallest absolute Gasteiger partial charge is 0.240 e. The number of hydrogen-bond donors (Lipinski definition) is 1. The van der Waals surface area contributed by atoms with E-state index in [1.54, 1.807) is 0 Å². The first-order valence-electron chi connectivity index (χ1n) is 8.54. The third-order valence-electron chi connectivity index (χ3n) is 4.05. The molecule has 1 heterocycles. The molecule has 0 aliphatic carbocycles. The van der Waals surface area contributed by atoms with E-state index in [0.717, 1.165) is 16.5 Å². The summed E-state index contributed by atoms with van der Waals surface area (Å²) in [4.78, 5) is 18.7. The topological polar surface area (TPSA) is 58.1 Å². The van der Waals surface area contributed by atoms with Crippen LogP contribution in [0.15, 0.2) is 60.7 Å². The Bertz CT molecular complexity index is 835. The zero-order chi connectivity index (χ0) is 18.4. The summed E-state index contributed by atoms with van der Waals surface area (Å²) in [7, 11) is 1.86. The first kappa shape index (κ1) is 18.1. The van der Waals surface area contributed by atoms with Gasteiger partial charge in [-0.2, -0.15) is 4.37 Å². The van der Waals surface area contributed by atoms with Gasteiger partial charge < -0.3 is 10.2 Å². The van der Waals surface area contributed by atoms with Crippen molar-refractivity contribution >= 4 is 22.6 Å². The molecule has 1 atom stereocenters. The minimum absolute atomic E-state index is 0.0276. The number of rotatable bonds is 7. The van der Waals surface area contributed by atoms with Gasteiger partial charge in [-0.25, -0.2) is 4.98 Å². The molecule has 6 heteroatoms. The van der Waals surface area contributed by atoms with Crippen molar-refractivity contribution < 1.29 is 4.79 Å². The van der Waals surface area contributed by atoms with E-state index in [2.05, 4.69) is 26.8 Å². The number of likely N-dealkylation sites (N-methyl/N-ethyl adjacent to an activating group) is 1. The van der Waals surface area contributed by atoms with Crippen LogP contribution in [-0.2, 0) is 11.2 Å². The number of nitrogens with one attached hydrogen (secondary N) is 1. The summed E-state index contributed by atoms with van der Waals surface area (Å²) in [6.07, 6.45) is 0.697. The molecule has 0 spiro atoms. The number of anilines is 1. The van der Waals surface area contributed by atoms with Crippen LogP contribution < -0.4 is 10.2 Å². The molecule has 134 valence electrons. The highest BCUT2D eigenvalue weighted by Gasteiger charge is 2.15. The second-order valence-electron chi connectivity index (χ2n) is 6.21. The lowest BCUT2D eigenvalue weighted by molar-refractivity contribution is -0.120. The van der Waals surface area contributed by atoms with Gasteiger partial charge in [-0.1, -0.05) is 60.7 Å². The van der Waals surface area contributed by atoms with Crippen molar-refractivity contribution in [2.75, 3.05) is 18.5 Å². The van der Waals surface area contributed by atoms with Gasteiger partial charge in [0.25, 0.3) is 0 Å². The van der Waals surface area contributed by atoms with Crippen molar-refractivity contribution in [2.45, 2.75) is 19.4 Å². The molecule has 1 aromatic heterocycles. The normalized spacial score (nSPS) is 11.8. The summed E-state index contributed by atoms with van der Waals surface area (Å²) in [5.41, 5.74) is 2.26. The minimum Gasteiger partial charge on any atom is -0.348 e. The molecule has 0 radical (unpaired) electrons. The molecule has 3 rings (SSSR count). The molecule has 0 fully saturated rings. The van der Waals surface area contributed by atoms with Crippen LogP contribution >= 0.6 is 11.5 Å². The van der Waals surface area contributed by atoms with Gasteiger partial charge >= 0.3 is 0 Å². The molecule has 2 aromatic carbocycles. The Kier molecular flexibility index (Phi) is 5.96. The number of amides is 1. The molecule has 1 N–H and O–H groups in total. The molecule has 0 aliphatic heterocycles. The van der Waals surface area contributed by atoms with Gasteiger partial charge in [0.15, 0.2) is 0 Å². The summed E-state index contributed by atoms with van der Waals surface area (Å²) >= 11 is 1.32. The maximum absolute atomic E-state index is 12.3. The zero-order valence-corrected chi connectivity index (χ0v) is 15.7. The standard InChI is InChI=1S/C20H22N4OS/c1-15(17-11-7-4-8-12-17)21-19(25)14-24(2)20-22-18(23-26-20)13-16-9-5-3-6-10-16/h3-12,15H,13-14H2,1-2H3,(H,21,25)/t15-/m0/s1. The van der Waals surface area contributed by atoms with Crippen LogP contribution in [0.25, 0.3) is 0 Å². The maximum atomic E-state index is 12.3. The molecule has 5 nitrogen and oxygen atoms in total. The molecule has 0 saturated heterocycles. The zero-order valence-electron chi connectivity index (χ0n) is 14.9. The van der Waals surface area contributed by atoms with E-state index in [1.165, 1.54) is 17.1 Å². The number of hydrogen-bond acceptors (Lipinski definition) is 5. The van der Waals surface area contributed by atoms with Crippen molar-refractivity contribution in [1.82, 2.24) is 14.7 Å². The summed E-state index contributed by atoms with van der Waals surface area (Å²) in [5.74, 6) is 0.741. The van der Waals surface area contributed by atoms with Crippen molar-refractivity contribution in [1.29, 1.82) is 0 Å². The van der Waals surface area contributed by atoms with E-state index < -0.39 is 0 Å². The fraction of sp³-hybridized carbons (Fsp3) is 0.250. The largest absolute Gasteiger partial charge is 0.348 e. The van der Waals surface area contributed by atoms with Gasteiger partial charge in [-0.3, -0.25) is 4.79 Å². The van der Waals surface area contributed by atoms with Crippen LogP contribution in [0.3, 0.4) is 0 Å². The van der Waals surface area contributed by atoms with Crippen molar-refractivity contribution in [2.24, 2.45) is 0 Å². The molecule has 1 amide bonds. The van der Waals surface area contributed by atoms with Crippen LogP contribution in [-0.4, -0.2) is 28.9 Å². The predicted molar refractivity (Wildman–Crippen MR) is 105 cm³/mol. The number of nitrogens with zero attached hydrogens (tertiary/aromatic N) is 3. The Labute approximate surface area is 157 Å². The Morgan fingerprint density at radius 3 is 2.46 bits per heavy atom. The molecule has 0 bridgehead atoms. The Morgan fingerprint density at radius 2 is 1.77 bits per heavy atom. The van der Waals surface area contributed by atoms with E-state index in [1.807, 2.05) is 67.4 Å². The monoisotopic (exact) mass is 366 g/mol. The van der Waals surface area contributed by atoms with Gasteiger partial charge in [-0.05, 0) is 18.1 Å². The van der Waals surface area contributed by atoms with E-state index in [0.29, 0.717) is 6.42 Å². The van der Waals surface area contributed by atoms with E-state index in [9.17, 15) is 4.79 Å². The van der Waals surface area contributed by atoms with Gasteiger partial charge in [0.2, 0.25) is 11.0 Å². The average molecular weight is 366 g/mol. The summed E-state index contributed by atoms with van der Waals surface area (Å²) < 4.78 is 4.41. The lowest BCUT2D eigenvalue weighted by Crippen LogP contribution is -2.36. The Hall–Kier alpha value is -2.73. The minimum atomic E-state index is -0.0383. The first-order chi connectivity index (χ1) is 12.6. The number of carbonyl (C=O) groups excluding carboxylic acids is 1. The van der Waals surface area contributed by atoms with Crippen LogP contribution in [0.4, 0.5) is 5.13 Å². The predicted octanol–water partition coefficient (Wildman–Crippen LogP) is 3.44. The second-order valence-corrected chi connectivity index (χ2v) is 6.94. The van der Waals surface area contributed by atoms with Crippen molar-refractivity contribution in [3.8, 4) is 0 Å². The summed E-state index contributed by atoms with van der Waals surface area (Å²) in [5, 5.41) is 3.77. The van der Waals surface area contributed by atoms with Crippen LogP contribution in [0, 0.1) is 0 Å². The third-order valence-corrected chi connectivity index (χ3v) is 4.92. The van der Waals surface area contributed by atoms with Crippen LogP contribution in [0.1, 0.15) is 29.9 Å². The van der Waals surface area contributed by atoms with Crippen LogP contribution in [0.5, 0.6) is 0 Å². The molecule has 3 aromatic rings. The highest BCUT2D eigenvalue weighted by molar-refractivity contribution is 7.09. The molecule has 26 heavy (non-hydrogen) atoms. The van der Waals surface area contributed by atoms with Crippen LogP contribution in [0.2, 0.25) is 0 Å². The first-order valence-corrected chi connectivity index (χ1v) is 9.31. The molecule has 0 saturated carbocycles. The quantitative estimate of drug-likeness (QED) is 0.696. The fourth-order valence-electron chi connectivity index (χ4n) is 2.65. The van der Waals surface area contributed by atoms with Gasteiger partial charge in [-0.15, -0.1) is 0 Å². The molecular formula is C20H22N4OS. The average Bonchev–Trinajstić information content (AvgIpc) is 3.12. The molecular weight excluding hydrogens is 344 g/mol. The fourth-order valence-corrected chi connectivity index (χ4v) is 3.29. The maximum Gasteiger partial charge on any atom is 0.240 e. The van der Waals surface area contributed by atoms with Gasteiger partial charge in [0.1, 0.15) is 5.82 Å². The lowest BCUT2D eigenvalue weighted by Gasteiger charge is -2.18. The third kappa shape index (κ3) is 4.89. The van der Waals surface area contributed by atoms with E-state index in [4.69, 9.17) is 0 Å². The van der Waals surface area contributed by atoms with Crippen molar-refractivity contribution in [3.05, 3.63) is 77.6 Å². The Morgan fingerprint density at radius 1 is 1.12 bits per heavy atom. The number of aromatic nitrogens is 2. The second kappa shape index (κ2) is 8.58. The highest BCUT2D eigenvalue weighted by Crippen LogP contribution is 2.18. The van der Waals surface area contributed by atoms with Crippen molar-refractivity contribution in [3.63, 3.8) is 0 Å². The molecule has 0 aliphatic rings. The summed E-state index contributed by atoms with van der Waals surface area (Å²) in [6, 6.07) is 20.0. The SMILES string of the molecule is C[C@H](NC(=O)CN(C)c1nc(Cc2ccccc2)ns1)c1ccccc1. The van der Waals surface area contributed by atoms with Gasteiger partial charge in [0.05, 0.1) is 12.6 Å². The van der Waals surface area contributed by atoms with E-state index in [-0.39, 0.29) is 18.5 Å². The van der Waals surface area contributed by atoms with Gasteiger partial charge in [0, 0.05) is 25.0 Å². The Balaban J connectivity index is 1.54. The number of carbonyl (C=O) groups is 1. The van der Waals surface area contributed by atoms with E-state index >= 15 is 0 Å². The number of benzene rings is 2. The summed E-state index contributed by atoms with van der Waals surface area (Å²) in [6.45, 7) is 2.23. The molecule has 0 unspecified atom stereocenters. The lowest BCUT2D eigenvalue weighted by atomic mass is 10.1.